The van der Waals surface area contributed by atoms with Crippen LogP contribution in [0.3, 0.4) is 0 Å². The maximum Gasteiger partial charge on any atom is 0.259 e. The highest BCUT2D eigenvalue weighted by molar-refractivity contribution is 5.99. The Morgan fingerprint density at radius 3 is 2.56 bits per heavy atom. The second kappa shape index (κ2) is 9.53. The molecule has 1 aliphatic rings. The third-order valence-electron chi connectivity index (χ3n) is 4.98. The van der Waals surface area contributed by atoms with Crippen molar-refractivity contribution in [2.24, 2.45) is 5.92 Å². The minimum absolute atomic E-state index is 0.00544. The van der Waals surface area contributed by atoms with E-state index >= 15 is 0 Å². The minimum Gasteiger partial charge on any atom is -0.350 e. The fourth-order valence-corrected chi connectivity index (χ4v) is 2.97. The number of nitrogens with one attached hydrogen (secondary N) is 1. The monoisotopic (exact) mass is 373 g/mol. The van der Waals surface area contributed by atoms with E-state index in [4.69, 9.17) is 0 Å². The molecule has 1 heterocycles. The number of nitrogens with zero attached hydrogens (tertiary/aromatic N) is 2. The molecule has 0 bridgehead atoms. The molecule has 1 atom stereocenters. The Balaban J connectivity index is 2.45. The Bertz CT molecular complexity index is 750. The van der Waals surface area contributed by atoms with Gasteiger partial charge in [0.05, 0.1) is 0 Å². The smallest absolute Gasteiger partial charge is 0.259 e. The molecule has 6 heteroatoms. The number of aromatic nitrogens is 1. The van der Waals surface area contributed by atoms with Crippen LogP contribution >= 0.6 is 0 Å². The Morgan fingerprint density at radius 2 is 2.00 bits per heavy atom. The van der Waals surface area contributed by atoms with Crippen LogP contribution in [0.5, 0.6) is 0 Å². The summed E-state index contributed by atoms with van der Waals surface area (Å²) in [5, 5.41) is 2.64. The van der Waals surface area contributed by atoms with Gasteiger partial charge < -0.3 is 14.8 Å². The Labute approximate surface area is 161 Å². The first-order valence-electron chi connectivity index (χ1n) is 9.86. The van der Waals surface area contributed by atoms with Crippen LogP contribution in [-0.4, -0.2) is 40.9 Å². The molecule has 1 saturated carbocycles. The van der Waals surface area contributed by atoms with Crippen LogP contribution in [0.2, 0.25) is 0 Å². The van der Waals surface area contributed by atoms with Crippen molar-refractivity contribution in [2.75, 3.05) is 19.6 Å². The number of carbonyl (C=O) groups is 2. The Morgan fingerprint density at radius 1 is 1.33 bits per heavy atom. The van der Waals surface area contributed by atoms with Gasteiger partial charge in [-0.05, 0) is 38.5 Å². The standard InChI is InChI=1S/C21H31N3O3/c1-5-10-22-20(26)17-13-24(15(4)7-3)14-18(19(17)25)21(27)23(11-6-2)12-16-8-9-16/h5,13-16H,1,6-12H2,2-4H3,(H,22,26)/t15-/m0/s1. The van der Waals surface area contributed by atoms with Crippen LogP contribution in [0, 0.1) is 5.92 Å². The SMILES string of the molecule is C=CCNC(=O)c1cn([C@@H](C)CC)cc(C(=O)N(CCC)CC2CC2)c1=O. The van der Waals surface area contributed by atoms with Crippen LogP contribution in [0.1, 0.15) is 73.2 Å². The van der Waals surface area contributed by atoms with E-state index in [1.807, 2.05) is 20.8 Å². The summed E-state index contributed by atoms with van der Waals surface area (Å²) in [6.45, 7) is 11.2. The summed E-state index contributed by atoms with van der Waals surface area (Å²) < 4.78 is 1.80. The molecule has 0 aromatic carbocycles. The quantitative estimate of drug-likeness (QED) is 0.641. The zero-order valence-corrected chi connectivity index (χ0v) is 16.7. The van der Waals surface area contributed by atoms with Crippen LogP contribution in [0.4, 0.5) is 0 Å². The number of carbonyl (C=O) groups excluding carboxylic acids is 2. The zero-order chi connectivity index (χ0) is 20.0. The molecule has 2 amide bonds. The lowest BCUT2D eigenvalue weighted by Gasteiger charge is -2.23. The number of hydrogen-bond acceptors (Lipinski definition) is 3. The van der Waals surface area contributed by atoms with Crippen molar-refractivity contribution in [1.82, 2.24) is 14.8 Å². The van der Waals surface area contributed by atoms with Gasteiger partial charge in [0.15, 0.2) is 0 Å². The fourth-order valence-electron chi connectivity index (χ4n) is 2.97. The van der Waals surface area contributed by atoms with Gasteiger partial charge in [-0.25, -0.2) is 0 Å². The summed E-state index contributed by atoms with van der Waals surface area (Å²) in [7, 11) is 0. The van der Waals surface area contributed by atoms with E-state index in [1.165, 1.54) is 0 Å². The molecule has 1 aliphatic carbocycles. The highest BCUT2D eigenvalue weighted by Gasteiger charge is 2.29. The van der Waals surface area contributed by atoms with Crippen molar-refractivity contribution >= 4 is 11.8 Å². The van der Waals surface area contributed by atoms with Gasteiger partial charge in [-0.3, -0.25) is 14.4 Å². The number of amides is 2. The molecule has 0 aliphatic heterocycles. The predicted octanol–water partition coefficient (Wildman–Crippen LogP) is 3.00. The van der Waals surface area contributed by atoms with Crippen LogP contribution in [-0.2, 0) is 0 Å². The maximum atomic E-state index is 13.1. The van der Waals surface area contributed by atoms with Crippen molar-refractivity contribution in [3.05, 3.63) is 46.4 Å². The molecule has 27 heavy (non-hydrogen) atoms. The molecular formula is C21H31N3O3. The second-order valence-electron chi connectivity index (χ2n) is 7.31. The van der Waals surface area contributed by atoms with Gasteiger partial charge in [-0.1, -0.05) is 19.9 Å². The highest BCUT2D eigenvalue weighted by Crippen LogP contribution is 2.30. The average molecular weight is 373 g/mol. The van der Waals surface area contributed by atoms with Gasteiger partial charge >= 0.3 is 0 Å². The first kappa shape index (κ1) is 20.9. The van der Waals surface area contributed by atoms with E-state index in [1.54, 1.807) is 27.9 Å². The zero-order valence-electron chi connectivity index (χ0n) is 16.7. The van der Waals surface area contributed by atoms with Crippen LogP contribution in [0.25, 0.3) is 0 Å². The van der Waals surface area contributed by atoms with E-state index in [0.29, 0.717) is 19.0 Å². The molecule has 148 valence electrons. The lowest BCUT2D eigenvalue weighted by molar-refractivity contribution is 0.0745. The van der Waals surface area contributed by atoms with Crippen molar-refractivity contribution in [2.45, 2.75) is 52.5 Å². The predicted molar refractivity (Wildman–Crippen MR) is 107 cm³/mol. The van der Waals surface area contributed by atoms with Gasteiger partial charge in [0, 0.05) is 38.1 Å². The van der Waals surface area contributed by atoms with Crippen LogP contribution in [0.15, 0.2) is 29.8 Å². The molecule has 1 N–H and O–H groups in total. The van der Waals surface area contributed by atoms with Crippen molar-refractivity contribution in [3.63, 3.8) is 0 Å². The van der Waals surface area contributed by atoms with Crippen LogP contribution < -0.4 is 10.7 Å². The van der Waals surface area contributed by atoms with Gasteiger partial charge in [-0.2, -0.15) is 0 Å². The highest BCUT2D eigenvalue weighted by atomic mass is 16.2. The lowest BCUT2D eigenvalue weighted by atomic mass is 10.1. The topological polar surface area (TPSA) is 71.4 Å². The van der Waals surface area contributed by atoms with E-state index in [9.17, 15) is 14.4 Å². The summed E-state index contributed by atoms with van der Waals surface area (Å²) in [6.07, 6.45) is 8.64. The van der Waals surface area contributed by atoms with Gasteiger partial charge in [0.2, 0.25) is 5.43 Å². The fraction of sp³-hybridized carbons (Fsp3) is 0.571. The van der Waals surface area contributed by atoms with E-state index in [0.717, 1.165) is 25.7 Å². The summed E-state index contributed by atoms with van der Waals surface area (Å²) >= 11 is 0. The minimum atomic E-state index is -0.502. The molecule has 0 radical (unpaired) electrons. The second-order valence-corrected chi connectivity index (χ2v) is 7.31. The van der Waals surface area contributed by atoms with E-state index < -0.39 is 11.3 Å². The van der Waals surface area contributed by atoms with Crippen molar-refractivity contribution < 1.29 is 9.59 Å². The molecular weight excluding hydrogens is 342 g/mol. The summed E-state index contributed by atoms with van der Waals surface area (Å²) in [4.78, 5) is 40.3. The summed E-state index contributed by atoms with van der Waals surface area (Å²) in [5.41, 5.74) is -0.417. The molecule has 1 aromatic rings. The first-order valence-corrected chi connectivity index (χ1v) is 9.86. The number of hydrogen-bond donors (Lipinski definition) is 1. The molecule has 0 saturated heterocycles. The lowest BCUT2D eigenvalue weighted by Crippen LogP contribution is -2.39. The third-order valence-corrected chi connectivity index (χ3v) is 4.98. The van der Waals surface area contributed by atoms with Gasteiger partial charge in [-0.15, -0.1) is 6.58 Å². The normalized spacial score (nSPS) is 14.5. The molecule has 1 aromatic heterocycles. The number of pyridine rings is 1. The Kier molecular flexibility index (Phi) is 7.39. The Hall–Kier alpha value is -2.37. The number of rotatable bonds is 10. The van der Waals surface area contributed by atoms with Crippen molar-refractivity contribution in [1.29, 1.82) is 0 Å². The molecule has 1 fully saturated rings. The average Bonchev–Trinajstić information content (AvgIpc) is 3.48. The molecule has 0 unspecified atom stereocenters. The largest absolute Gasteiger partial charge is 0.350 e. The van der Waals surface area contributed by atoms with E-state index in [2.05, 4.69) is 11.9 Å². The van der Waals surface area contributed by atoms with Gasteiger partial charge in [0.1, 0.15) is 11.1 Å². The first-order chi connectivity index (χ1) is 12.9. The summed E-state index contributed by atoms with van der Waals surface area (Å²) in [5.74, 6) is -0.212. The van der Waals surface area contributed by atoms with E-state index in [-0.39, 0.29) is 29.6 Å². The van der Waals surface area contributed by atoms with Crippen molar-refractivity contribution in [3.8, 4) is 0 Å². The maximum absolute atomic E-state index is 13.1. The van der Waals surface area contributed by atoms with Gasteiger partial charge in [0.25, 0.3) is 11.8 Å². The molecule has 2 rings (SSSR count). The molecule has 6 nitrogen and oxygen atoms in total. The third kappa shape index (κ3) is 5.31. The molecule has 0 spiro atoms. The summed E-state index contributed by atoms with van der Waals surface area (Å²) in [6, 6.07) is 0.0751.